The van der Waals surface area contributed by atoms with Gasteiger partial charge in [-0.1, -0.05) is 88.2 Å². The summed E-state index contributed by atoms with van der Waals surface area (Å²) in [6.45, 7) is 16.4. The number of allylic oxidation sites excluding steroid dienone is 2. The number of esters is 1. The van der Waals surface area contributed by atoms with E-state index in [0.29, 0.717) is 62.6 Å². The standard InChI is InChI=1S/C64H91IN6O17/c1-11-34(2)58-37(5)23-25-63(88-58)32-43-29-42(87-63)20-19-36(4)57(35(3)16-15-17-41-33-81-60-55(74)38(6)28-45(62(77)84-43)64(41,60)78)85-52-31-48(80-10)59(40(8)83-52)86-51-30-47(79-9)54(39(7)82-51)69-50(73)24-27-67-49(72)18-13-12-14-26-68-61(76)44-21-22-46(70-71-66)53(65)56(44)75/h15-17,19,21-23,25,28,34-35,37,39-40,42-43,45,47-48,51-52,54-55,57-60,74-75,78H,11-14,18,20,24,26-27,29-33H2,1-10H3,(H,67,72)(H,68,76)(H,69,73)/b16-15+,36-19+,41-17+/t34?,35-,37-,39-,40-,42+,43-,45-,47-,48-,51-,52-,54-,55+,57-,58+,59-,60+,63+,64+/m0/s1/i65-2. The number of aromatic hydroxyl groups is 1. The summed E-state index contributed by atoms with van der Waals surface area (Å²) in [5.74, 6) is -4.00. The SMILES string of the molecule is CCC(C)[C@H]1O[C@]2(C=C[C@@H]1C)C[C@@H]1C[C@@H](C/C=C(\C)[C@@H](O[C@H]3C[C@H](OC)[C@@H](O[C@H]4C[C@H](OC)[C@@H](NC(=O)CCNC(=O)CCCCCNC(=O)c5ccc(N=[N+]=[N-])c([125I])c5O)[C@H](C)O4)[C@H](C)O3)[C@@H](C)/C=C/C=C3\CO[C@@H]4[C@H](O)C(C)=C[C@@H](C(=O)O1)[C@]34O)O2. The van der Waals surface area contributed by atoms with E-state index in [1.807, 2.05) is 68.5 Å². The Morgan fingerprint density at radius 3 is 2.38 bits per heavy atom. The van der Waals surface area contributed by atoms with Crippen LogP contribution in [-0.4, -0.2) is 170 Å². The van der Waals surface area contributed by atoms with Crippen molar-refractivity contribution >= 4 is 52.0 Å². The maximum atomic E-state index is 14.5. The number of nitrogens with one attached hydrogen (secondary N) is 3. The van der Waals surface area contributed by atoms with Crippen molar-refractivity contribution < 1.29 is 81.9 Å². The van der Waals surface area contributed by atoms with Gasteiger partial charge in [0.15, 0.2) is 18.4 Å². The van der Waals surface area contributed by atoms with Crippen molar-refractivity contribution in [1.82, 2.24) is 16.0 Å². The zero-order valence-electron chi connectivity index (χ0n) is 52.3. The molecule has 1 aromatic rings. The number of benzene rings is 1. The lowest BCUT2D eigenvalue weighted by molar-refractivity contribution is -0.311. The van der Waals surface area contributed by atoms with Gasteiger partial charge in [0.05, 0.1) is 70.2 Å². The Morgan fingerprint density at radius 1 is 0.898 bits per heavy atom. The van der Waals surface area contributed by atoms with Crippen LogP contribution in [0.3, 0.4) is 0 Å². The number of hydrogen-bond donors (Lipinski definition) is 6. The molecular formula is C64H91IN6O17. The van der Waals surface area contributed by atoms with Crippen molar-refractivity contribution in [1.29, 1.82) is 0 Å². The van der Waals surface area contributed by atoms with Gasteiger partial charge in [-0.25, -0.2) is 0 Å². The highest BCUT2D eigenvalue weighted by molar-refractivity contribution is 14.1. The van der Waals surface area contributed by atoms with Gasteiger partial charge < -0.3 is 78.6 Å². The number of halogens is 1. The molecule has 4 saturated heterocycles. The third-order valence-corrected chi connectivity index (χ3v) is 19.5. The predicted octanol–water partition coefficient (Wildman–Crippen LogP) is 8.25. The summed E-state index contributed by atoms with van der Waals surface area (Å²) < 4.78 is 65.4. The molecule has 1 aromatic carbocycles. The second-order valence-electron chi connectivity index (χ2n) is 24.7. The van der Waals surface area contributed by atoms with E-state index in [9.17, 15) is 34.5 Å². The molecule has 6 aliphatic heterocycles. The first-order chi connectivity index (χ1) is 42.0. The Bertz CT molecular complexity index is 2850. The topological polar surface area (TPSA) is 306 Å². The molecule has 2 bridgehead atoms. The average molecular weight is 1340 g/mol. The van der Waals surface area contributed by atoms with Crippen LogP contribution in [0, 0.1) is 27.2 Å². The first-order valence-electron chi connectivity index (χ1n) is 31.1. The second kappa shape index (κ2) is 31.0. The van der Waals surface area contributed by atoms with Crippen LogP contribution in [0.15, 0.2) is 76.5 Å². The van der Waals surface area contributed by atoms with Crippen LogP contribution in [-0.2, 0) is 61.8 Å². The van der Waals surface area contributed by atoms with Gasteiger partial charge in [-0.05, 0) is 110 Å². The predicted molar refractivity (Wildman–Crippen MR) is 331 cm³/mol. The lowest BCUT2D eigenvalue weighted by Gasteiger charge is -2.48. The molecule has 88 heavy (non-hydrogen) atoms. The van der Waals surface area contributed by atoms with E-state index in [-0.39, 0.29) is 88.7 Å². The molecule has 1 unspecified atom stereocenters. The number of nitrogens with zero attached hydrogens (tertiary/aromatic N) is 3. The summed E-state index contributed by atoms with van der Waals surface area (Å²) in [5, 5.41) is 46.4. The fourth-order valence-corrected chi connectivity index (χ4v) is 13.8. The van der Waals surface area contributed by atoms with Crippen molar-refractivity contribution in [2.24, 2.45) is 28.8 Å². The van der Waals surface area contributed by atoms with E-state index in [0.717, 1.165) is 12.0 Å². The molecule has 6 N–H and O–H groups in total. The zero-order valence-corrected chi connectivity index (χ0v) is 54.4. The number of aliphatic hydroxyl groups excluding tert-OH is 1. The highest BCUT2D eigenvalue weighted by Crippen LogP contribution is 2.47. The number of azide groups is 1. The Morgan fingerprint density at radius 2 is 1.64 bits per heavy atom. The molecular weight excluding hydrogens is 1250 g/mol. The third kappa shape index (κ3) is 16.3. The molecule has 0 aromatic heterocycles. The number of fused-ring (bicyclic) bond motifs is 2. The van der Waals surface area contributed by atoms with Crippen LogP contribution in [0.4, 0.5) is 5.69 Å². The Kier molecular flexibility index (Phi) is 24.3. The zero-order chi connectivity index (χ0) is 63.6. The fourth-order valence-electron chi connectivity index (χ4n) is 13.2. The number of hydrogen-bond acceptors (Lipinski definition) is 18. The Labute approximate surface area is 529 Å². The summed E-state index contributed by atoms with van der Waals surface area (Å²) in [5.41, 5.74) is 8.98. The summed E-state index contributed by atoms with van der Waals surface area (Å²) >= 11 is 1.81. The van der Waals surface area contributed by atoms with E-state index in [1.165, 1.54) is 12.1 Å². The van der Waals surface area contributed by atoms with Crippen molar-refractivity contribution in [3.63, 3.8) is 0 Å². The van der Waals surface area contributed by atoms with Crippen molar-refractivity contribution in [3.8, 4) is 5.75 Å². The van der Waals surface area contributed by atoms with Gasteiger partial charge in [-0.3, -0.25) is 19.2 Å². The largest absolute Gasteiger partial charge is 0.506 e. The van der Waals surface area contributed by atoms with Crippen molar-refractivity contribution in [3.05, 3.63) is 91.0 Å². The fraction of sp³-hybridized carbons (Fsp3) is 0.688. The molecule has 24 heteroatoms. The van der Waals surface area contributed by atoms with Gasteiger partial charge >= 0.3 is 5.97 Å². The van der Waals surface area contributed by atoms with Crippen molar-refractivity contribution in [2.75, 3.05) is 33.9 Å². The maximum Gasteiger partial charge on any atom is 0.316 e. The average Bonchev–Trinajstić information content (AvgIpc) is 2.19. The third-order valence-electron chi connectivity index (χ3n) is 18.4. The number of amides is 3. The van der Waals surface area contributed by atoms with Gasteiger partial charge in [0.1, 0.15) is 41.7 Å². The van der Waals surface area contributed by atoms with E-state index in [4.69, 9.17) is 52.9 Å². The molecule has 23 nitrogen and oxygen atoms in total. The Hall–Kier alpha value is -4.80. The number of carbonyl (C=O) groups is 4. The quantitative estimate of drug-likeness (QED) is 0.0136. The molecule has 486 valence electrons. The molecule has 1 aliphatic carbocycles. The molecule has 20 atom stereocenters. The number of methoxy groups -OCH3 is 2. The van der Waals surface area contributed by atoms with E-state index < -0.39 is 109 Å². The monoisotopic (exact) mass is 1340 g/mol. The van der Waals surface area contributed by atoms with Crippen LogP contribution in [0.2, 0.25) is 0 Å². The minimum atomic E-state index is -1.88. The van der Waals surface area contributed by atoms with Gasteiger partial charge in [0.25, 0.3) is 5.91 Å². The first-order valence-corrected chi connectivity index (χ1v) is 32.2. The molecule has 4 fully saturated rings. The van der Waals surface area contributed by atoms with Gasteiger partial charge in [0, 0.05) is 82.6 Å². The summed E-state index contributed by atoms with van der Waals surface area (Å²) in [7, 11) is 3.20. The minimum absolute atomic E-state index is 0.00267. The maximum absolute atomic E-state index is 14.5. The number of phenolic OH excluding ortho intramolecular Hbond substituents is 1. The van der Waals surface area contributed by atoms with Crippen LogP contribution < -0.4 is 16.0 Å². The minimum Gasteiger partial charge on any atom is -0.506 e. The number of phenols is 1. The molecule has 7 aliphatic rings. The van der Waals surface area contributed by atoms with Crippen LogP contribution in [0.5, 0.6) is 5.75 Å². The molecule has 1 spiro atoms. The summed E-state index contributed by atoms with van der Waals surface area (Å²) in [6, 6.07) is 2.35. The smallest absolute Gasteiger partial charge is 0.316 e. The van der Waals surface area contributed by atoms with Gasteiger partial charge in [-0.15, -0.1) is 0 Å². The molecule has 8 rings (SSSR count). The van der Waals surface area contributed by atoms with Crippen molar-refractivity contribution in [2.45, 2.75) is 223 Å². The van der Waals surface area contributed by atoms with E-state index in [2.05, 4.69) is 58.9 Å². The number of carbonyl (C=O) groups excluding carboxylic acids is 4. The van der Waals surface area contributed by atoms with Crippen LogP contribution in [0.25, 0.3) is 10.4 Å². The number of ether oxygens (including phenoxy) is 10. The lowest BCUT2D eigenvalue weighted by atomic mass is 9.71. The molecule has 0 saturated carbocycles. The normalized spacial score (nSPS) is 37.7. The molecule has 3 amide bonds. The summed E-state index contributed by atoms with van der Waals surface area (Å²) in [4.78, 5) is 55.7. The van der Waals surface area contributed by atoms with Gasteiger partial charge in [-0.2, -0.15) is 0 Å². The number of unbranched alkanes of at least 4 members (excludes halogenated alkanes) is 2. The van der Waals surface area contributed by atoms with E-state index >= 15 is 0 Å². The Balaban J connectivity index is 0.857. The summed E-state index contributed by atoms with van der Waals surface area (Å²) in [6.07, 6.45) is 10.2. The molecule has 0 radical (unpaired) electrons. The van der Waals surface area contributed by atoms with Crippen LogP contribution >= 0.6 is 22.6 Å². The van der Waals surface area contributed by atoms with Crippen LogP contribution in [0.1, 0.15) is 136 Å². The second-order valence-corrected chi connectivity index (χ2v) is 25.8. The van der Waals surface area contributed by atoms with Gasteiger partial charge in [0.2, 0.25) is 11.8 Å². The van der Waals surface area contributed by atoms with E-state index in [1.54, 1.807) is 33.3 Å². The highest BCUT2D eigenvalue weighted by atomic mass is 125. The number of rotatable bonds is 20. The number of aliphatic hydroxyl groups is 2. The first kappa shape index (κ1) is 69.1. The lowest BCUT2D eigenvalue weighted by Crippen LogP contribution is -2.59. The highest BCUT2D eigenvalue weighted by Gasteiger charge is 2.60. The molecule has 6 heterocycles.